The summed E-state index contributed by atoms with van der Waals surface area (Å²) in [5, 5.41) is 3.36. The maximum absolute atomic E-state index is 12.6. The molecule has 0 spiro atoms. The third kappa shape index (κ3) is 3.83. The van der Waals surface area contributed by atoms with Crippen LogP contribution in [0.4, 0.5) is 0 Å². The Hall–Kier alpha value is -0.180. The number of benzene rings is 1. The van der Waals surface area contributed by atoms with Gasteiger partial charge in [-0.05, 0) is 37.2 Å². The van der Waals surface area contributed by atoms with Crippen LogP contribution in [0.1, 0.15) is 6.42 Å². The van der Waals surface area contributed by atoms with Crippen molar-refractivity contribution in [3.8, 4) is 0 Å². The first kappa shape index (κ1) is 18.2. The van der Waals surface area contributed by atoms with Crippen molar-refractivity contribution in [3.05, 3.63) is 28.7 Å². The Morgan fingerprint density at radius 1 is 1.09 bits per heavy atom. The first-order valence-electron chi connectivity index (χ1n) is 7.28. The van der Waals surface area contributed by atoms with Gasteiger partial charge >= 0.3 is 0 Å². The molecule has 0 aliphatic carbocycles. The van der Waals surface area contributed by atoms with Crippen LogP contribution < -0.4 is 5.32 Å². The molecule has 1 aromatic rings. The summed E-state index contributed by atoms with van der Waals surface area (Å²) in [5.74, 6) is 0. The fourth-order valence-corrected chi connectivity index (χ4v) is 4.70. The van der Waals surface area contributed by atoms with E-state index in [1.807, 2.05) is 0 Å². The highest BCUT2D eigenvalue weighted by molar-refractivity contribution is 9.10. The molecule has 1 aromatic carbocycles. The molecule has 0 bridgehead atoms. The molecule has 5 nitrogen and oxygen atoms in total. The standard InChI is InChI=1S/C14H20BrN3O2S.ClH/c15-12-1-3-14(4-2-12)21(19,20)18-9-7-17(8-10-18)13-5-6-16-11-13;/h1-4,13,16H,5-11H2;1H. The fraction of sp³-hybridized carbons (Fsp3) is 0.571. The Bertz CT molecular complexity index is 583. The van der Waals surface area contributed by atoms with Crippen molar-refractivity contribution in [3.63, 3.8) is 0 Å². The maximum atomic E-state index is 12.6. The summed E-state index contributed by atoms with van der Waals surface area (Å²) in [6.07, 6.45) is 1.17. The van der Waals surface area contributed by atoms with Crippen LogP contribution >= 0.6 is 28.3 Å². The third-order valence-electron chi connectivity index (χ3n) is 4.28. The summed E-state index contributed by atoms with van der Waals surface area (Å²) in [7, 11) is -3.36. The first-order chi connectivity index (χ1) is 10.1. The van der Waals surface area contributed by atoms with Gasteiger partial charge in [0.25, 0.3) is 0 Å². The molecule has 8 heteroatoms. The highest BCUT2D eigenvalue weighted by Gasteiger charge is 2.31. The zero-order chi connectivity index (χ0) is 14.9. The van der Waals surface area contributed by atoms with Crippen LogP contribution in [0.25, 0.3) is 0 Å². The van der Waals surface area contributed by atoms with Crippen molar-refractivity contribution in [1.82, 2.24) is 14.5 Å². The van der Waals surface area contributed by atoms with E-state index in [4.69, 9.17) is 0 Å². The van der Waals surface area contributed by atoms with Crippen molar-refractivity contribution >= 4 is 38.4 Å². The lowest BCUT2D eigenvalue weighted by Crippen LogP contribution is -2.52. The molecule has 2 heterocycles. The zero-order valence-electron chi connectivity index (χ0n) is 12.2. The molecule has 2 fully saturated rings. The second kappa shape index (κ2) is 7.59. The smallest absolute Gasteiger partial charge is 0.243 e. The lowest BCUT2D eigenvalue weighted by atomic mass is 10.2. The van der Waals surface area contributed by atoms with Crippen LogP contribution in [-0.2, 0) is 10.0 Å². The van der Waals surface area contributed by atoms with Gasteiger partial charge in [0.2, 0.25) is 10.0 Å². The van der Waals surface area contributed by atoms with Crippen LogP contribution in [0, 0.1) is 0 Å². The van der Waals surface area contributed by atoms with Gasteiger partial charge in [-0.3, -0.25) is 4.90 Å². The summed E-state index contributed by atoms with van der Waals surface area (Å²) in [6.45, 7) is 4.90. The SMILES string of the molecule is Cl.O=S(=O)(c1ccc(Br)cc1)N1CCN(C2CCNC2)CC1. The molecule has 0 amide bonds. The molecule has 124 valence electrons. The summed E-state index contributed by atoms with van der Waals surface area (Å²) in [5.41, 5.74) is 0. The van der Waals surface area contributed by atoms with Crippen LogP contribution in [0.5, 0.6) is 0 Å². The van der Waals surface area contributed by atoms with Gasteiger partial charge in [-0.2, -0.15) is 4.31 Å². The van der Waals surface area contributed by atoms with Crippen molar-refractivity contribution in [1.29, 1.82) is 0 Å². The highest BCUT2D eigenvalue weighted by atomic mass is 79.9. The number of nitrogens with one attached hydrogen (secondary N) is 1. The number of halogens is 2. The Labute approximate surface area is 146 Å². The fourth-order valence-electron chi connectivity index (χ4n) is 3.02. The van der Waals surface area contributed by atoms with Gasteiger partial charge < -0.3 is 5.32 Å². The number of hydrogen-bond acceptors (Lipinski definition) is 4. The molecule has 2 aliphatic rings. The van der Waals surface area contributed by atoms with Gasteiger partial charge in [0.15, 0.2) is 0 Å². The van der Waals surface area contributed by atoms with E-state index in [1.54, 1.807) is 28.6 Å². The molecule has 1 atom stereocenters. The van der Waals surface area contributed by atoms with Crippen molar-refractivity contribution < 1.29 is 8.42 Å². The average molecular weight is 411 g/mol. The molecule has 2 aliphatic heterocycles. The predicted molar refractivity (Wildman–Crippen MR) is 93.0 cm³/mol. The van der Waals surface area contributed by atoms with Gasteiger partial charge in [0.05, 0.1) is 4.90 Å². The van der Waals surface area contributed by atoms with E-state index >= 15 is 0 Å². The van der Waals surface area contributed by atoms with Gasteiger partial charge in [-0.15, -0.1) is 12.4 Å². The van der Waals surface area contributed by atoms with Crippen molar-refractivity contribution in [2.75, 3.05) is 39.3 Å². The number of rotatable bonds is 3. The van der Waals surface area contributed by atoms with Crippen LogP contribution in [0.15, 0.2) is 33.6 Å². The van der Waals surface area contributed by atoms with E-state index in [9.17, 15) is 8.42 Å². The minimum atomic E-state index is -3.36. The van der Waals surface area contributed by atoms with Gasteiger partial charge in [0.1, 0.15) is 0 Å². The number of sulfonamides is 1. The number of nitrogens with zero attached hydrogens (tertiary/aromatic N) is 2. The highest BCUT2D eigenvalue weighted by Crippen LogP contribution is 2.21. The van der Waals surface area contributed by atoms with Gasteiger partial charge in [0, 0.05) is 43.2 Å². The first-order valence-corrected chi connectivity index (χ1v) is 9.51. The van der Waals surface area contributed by atoms with E-state index in [-0.39, 0.29) is 12.4 Å². The summed E-state index contributed by atoms with van der Waals surface area (Å²) < 4.78 is 27.7. The zero-order valence-corrected chi connectivity index (χ0v) is 15.5. The molecule has 3 rings (SSSR count). The molecular weight excluding hydrogens is 390 g/mol. The minimum absolute atomic E-state index is 0. The molecule has 0 aromatic heterocycles. The second-order valence-electron chi connectivity index (χ2n) is 5.54. The molecule has 1 N–H and O–H groups in total. The Kier molecular flexibility index (Phi) is 6.27. The van der Waals surface area contributed by atoms with E-state index in [0.29, 0.717) is 24.0 Å². The Balaban J connectivity index is 0.00000176. The normalized spacial score (nSPS) is 24.1. The molecular formula is C14H21BrClN3O2S. The molecule has 0 radical (unpaired) electrons. The molecule has 0 saturated carbocycles. The molecule has 1 unspecified atom stereocenters. The minimum Gasteiger partial charge on any atom is -0.315 e. The Morgan fingerprint density at radius 3 is 2.27 bits per heavy atom. The largest absolute Gasteiger partial charge is 0.315 e. The summed E-state index contributed by atoms with van der Waals surface area (Å²) >= 11 is 3.33. The topological polar surface area (TPSA) is 52.7 Å². The third-order valence-corrected chi connectivity index (χ3v) is 6.72. The number of piperazine rings is 1. The number of hydrogen-bond donors (Lipinski definition) is 1. The predicted octanol–water partition coefficient (Wildman–Crippen LogP) is 1.54. The summed E-state index contributed by atoms with van der Waals surface area (Å²) in [4.78, 5) is 2.79. The van der Waals surface area contributed by atoms with Crippen molar-refractivity contribution in [2.45, 2.75) is 17.4 Å². The Morgan fingerprint density at radius 2 is 1.73 bits per heavy atom. The van der Waals surface area contributed by atoms with Crippen LogP contribution in [0.2, 0.25) is 0 Å². The second-order valence-corrected chi connectivity index (χ2v) is 8.39. The quantitative estimate of drug-likeness (QED) is 0.821. The van der Waals surface area contributed by atoms with Crippen LogP contribution in [-0.4, -0.2) is 62.9 Å². The monoisotopic (exact) mass is 409 g/mol. The van der Waals surface area contributed by atoms with Crippen molar-refractivity contribution in [2.24, 2.45) is 0 Å². The lowest BCUT2D eigenvalue weighted by molar-refractivity contribution is 0.145. The maximum Gasteiger partial charge on any atom is 0.243 e. The van der Waals surface area contributed by atoms with Gasteiger partial charge in [-0.1, -0.05) is 15.9 Å². The molecule has 22 heavy (non-hydrogen) atoms. The van der Waals surface area contributed by atoms with Gasteiger partial charge in [-0.25, -0.2) is 8.42 Å². The van der Waals surface area contributed by atoms with E-state index in [2.05, 4.69) is 26.1 Å². The van der Waals surface area contributed by atoms with Crippen LogP contribution in [0.3, 0.4) is 0 Å². The average Bonchev–Trinajstić information content (AvgIpc) is 3.02. The lowest BCUT2D eigenvalue weighted by Gasteiger charge is -2.37. The van der Waals surface area contributed by atoms with E-state index in [0.717, 1.165) is 30.7 Å². The molecule has 2 saturated heterocycles. The van der Waals surface area contributed by atoms with E-state index < -0.39 is 10.0 Å². The summed E-state index contributed by atoms with van der Waals surface area (Å²) in [6, 6.07) is 7.43. The van der Waals surface area contributed by atoms with E-state index in [1.165, 1.54) is 6.42 Å².